The maximum atomic E-state index is 13.2. The second kappa shape index (κ2) is 8.21. The summed E-state index contributed by atoms with van der Waals surface area (Å²) in [6.07, 6.45) is 4.30. The first-order valence-corrected chi connectivity index (χ1v) is 10.4. The minimum Gasteiger partial charge on any atom is -0.467 e. The van der Waals surface area contributed by atoms with Crippen molar-refractivity contribution in [2.75, 3.05) is 6.54 Å². The van der Waals surface area contributed by atoms with Crippen LogP contribution in [0.25, 0.3) is 16.2 Å². The quantitative estimate of drug-likeness (QED) is 0.429. The van der Waals surface area contributed by atoms with Crippen LogP contribution in [0.2, 0.25) is 0 Å². The van der Waals surface area contributed by atoms with Gasteiger partial charge in [-0.1, -0.05) is 13.8 Å². The number of imidazole rings is 1. The molecular weight excluding hydrogens is 389 g/mol. The molecule has 4 rings (SSSR count). The zero-order chi connectivity index (χ0) is 20.4. The molecule has 5 nitrogen and oxygen atoms in total. The first-order valence-electron chi connectivity index (χ1n) is 9.54. The van der Waals surface area contributed by atoms with Crippen molar-refractivity contribution in [2.45, 2.75) is 26.8 Å². The van der Waals surface area contributed by atoms with Crippen molar-refractivity contribution >= 4 is 22.2 Å². The van der Waals surface area contributed by atoms with E-state index < -0.39 is 0 Å². The van der Waals surface area contributed by atoms with Crippen LogP contribution in [-0.4, -0.2) is 26.7 Å². The van der Waals surface area contributed by atoms with Gasteiger partial charge in [0.2, 0.25) is 5.91 Å². The van der Waals surface area contributed by atoms with Gasteiger partial charge >= 0.3 is 0 Å². The van der Waals surface area contributed by atoms with E-state index in [-0.39, 0.29) is 17.6 Å². The first kappa shape index (κ1) is 19.4. The molecule has 0 unspecified atom stereocenters. The molecule has 0 saturated heterocycles. The summed E-state index contributed by atoms with van der Waals surface area (Å²) in [6.45, 7) is 4.87. The van der Waals surface area contributed by atoms with Gasteiger partial charge in [0.25, 0.3) is 0 Å². The summed E-state index contributed by atoms with van der Waals surface area (Å²) < 4.78 is 20.7. The van der Waals surface area contributed by atoms with Gasteiger partial charge in [-0.15, -0.1) is 11.3 Å². The Labute approximate surface area is 172 Å². The third-order valence-electron chi connectivity index (χ3n) is 4.79. The largest absolute Gasteiger partial charge is 0.467 e. The first-order chi connectivity index (χ1) is 14.0. The summed E-state index contributed by atoms with van der Waals surface area (Å²) >= 11 is 1.56. The number of thiazole rings is 1. The third kappa shape index (κ3) is 4.24. The van der Waals surface area contributed by atoms with Gasteiger partial charge in [0, 0.05) is 41.7 Å². The monoisotopic (exact) mass is 411 g/mol. The number of amides is 1. The predicted molar refractivity (Wildman–Crippen MR) is 111 cm³/mol. The molecule has 0 fully saturated rings. The topological polar surface area (TPSA) is 50.8 Å². The molecule has 0 bridgehead atoms. The van der Waals surface area contributed by atoms with E-state index in [0.29, 0.717) is 19.5 Å². The Balaban J connectivity index is 1.53. The van der Waals surface area contributed by atoms with Crippen LogP contribution in [0.5, 0.6) is 0 Å². The van der Waals surface area contributed by atoms with Crippen LogP contribution < -0.4 is 0 Å². The molecule has 0 N–H and O–H groups in total. The molecule has 3 heterocycles. The molecule has 0 aliphatic heterocycles. The lowest BCUT2D eigenvalue weighted by molar-refractivity contribution is -0.135. The highest BCUT2D eigenvalue weighted by Gasteiger charge is 2.19. The van der Waals surface area contributed by atoms with Crippen molar-refractivity contribution in [3.8, 4) is 11.3 Å². The molecule has 29 heavy (non-hydrogen) atoms. The molecule has 0 atom stereocenters. The second-order valence-corrected chi connectivity index (χ2v) is 8.09. The number of hydrogen-bond donors (Lipinski definition) is 0. The van der Waals surface area contributed by atoms with Crippen molar-refractivity contribution < 1.29 is 13.6 Å². The van der Waals surface area contributed by atoms with E-state index >= 15 is 0 Å². The molecule has 1 aromatic carbocycles. The fourth-order valence-corrected chi connectivity index (χ4v) is 4.15. The van der Waals surface area contributed by atoms with Gasteiger partial charge in [-0.3, -0.25) is 9.20 Å². The molecule has 4 aromatic rings. The Hall–Kier alpha value is -2.93. The van der Waals surface area contributed by atoms with E-state index in [4.69, 9.17) is 4.42 Å². The van der Waals surface area contributed by atoms with Gasteiger partial charge in [-0.2, -0.15) is 0 Å². The number of fused-ring (bicyclic) bond motifs is 1. The van der Waals surface area contributed by atoms with Crippen LogP contribution in [-0.2, 0) is 17.8 Å². The summed E-state index contributed by atoms with van der Waals surface area (Å²) in [5.74, 6) is 0.536. The Kier molecular flexibility index (Phi) is 5.49. The van der Waals surface area contributed by atoms with Crippen molar-refractivity contribution in [3.05, 3.63) is 71.5 Å². The molecule has 150 valence electrons. The van der Waals surface area contributed by atoms with E-state index in [1.807, 2.05) is 41.5 Å². The number of carbonyl (C=O) groups is 1. The van der Waals surface area contributed by atoms with Crippen LogP contribution in [0.4, 0.5) is 4.39 Å². The fourth-order valence-electron chi connectivity index (χ4n) is 3.24. The lowest BCUT2D eigenvalue weighted by Crippen LogP contribution is -2.35. The highest BCUT2D eigenvalue weighted by atomic mass is 32.1. The summed E-state index contributed by atoms with van der Waals surface area (Å²) in [5, 5.41) is 2.07. The van der Waals surface area contributed by atoms with Gasteiger partial charge < -0.3 is 9.32 Å². The number of carbonyl (C=O) groups excluding carboxylic acids is 1. The van der Waals surface area contributed by atoms with Crippen molar-refractivity contribution in [1.29, 1.82) is 0 Å². The minimum absolute atomic E-state index is 0.0780. The van der Waals surface area contributed by atoms with E-state index in [2.05, 4.69) is 10.4 Å². The van der Waals surface area contributed by atoms with Gasteiger partial charge in [-0.25, -0.2) is 9.37 Å². The van der Waals surface area contributed by atoms with Crippen molar-refractivity contribution in [2.24, 2.45) is 5.92 Å². The smallest absolute Gasteiger partial charge is 0.225 e. The Morgan fingerprint density at radius 2 is 2.07 bits per heavy atom. The van der Waals surface area contributed by atoms with E-state index in [9.17, 15) is 9.18 Å². The molecular formula is C22H22FN3O2S. The SMILES string of the molecule is CC(C)C(=O)N(CCc1csc2nc(-c3ccc(F)cc3)cn12)Cc1ccco1. The predicted octanol–water partition coefficient (Wildman–Crippen LogP) is 5.02. The van der Waals surface area contributed by atoms with Gasteiger partial charge in [0.15, 0.2) is 4.96 Å². The Bertz CT molecular complexity index is 1100. The Morgan fingerprint density at radius 1 is 1.28 bits per heavy atom. The minimum atomic E-state index is -0.262. The molecule has 0 spiro atoms. The standard InChI is InChI=1S/C22H22FN3O2S/c1-15(2)21(27)25(12-19-4-3-11-28-19)10-9-18-14-29-22-24-20(13-26(18)22)16-5-7-17(23)8-6-16/h3-8,11,13-15H,9-10,12H2,1-2H3. The summed E-state index contributed by atoms with van der Waals surface area (Å²) in [5.41, 5.74) is 2.78. The number of furan rings is 1. The van der Waals surface area contributed by atoms with E-state index in [0.717, 1.165) is 27.7 Å². The Morgan fingerprint density at radius 3 is 2.76 bits per heavy atom. The average molecular weight is 412 g/mol. The number of rotatable bonds is 7. The van der Waals surface area contributed by atoms with Crippen LogP contribution >= 0.6 is 11.3 Å². The van der Waals surface area contributed by atoms with Gasteiger partial charge in [0.1, 0.15) is 11.6 Å². The molecule has 0 radical (unpaired) electrons. The molecule has 0 aliphatic carbocycles. The number of hydrogen-bond acceptors (Lipinski definition) is 4. The molecule has 7 heteroatoms. The van der Waals surface area contributed by atoms with E-state index in [1.54, 1.807) is 29.7 Å². The van der Waals surface area contributed by atoms with Crippen molar-refractivity contribution in [1.82, 2.24) is 14.3 Å². The highest BCUT2D eigenvalue weighted by Crippen LogP contribution is 2.24. The highest BCUT2D eigenvalue weighted by molar-refractivity contribution is 7.15. The zero-order valence-corrected chi connectivity index (χ0v) is 17.2. The molecule has 3 aromatic heterocycles. The van der Waals surface area contributed by atoms with Gasteiger partial charge in [0.05, 0.1) is 18.5 Å². The fraction of sp³-hybridized carbons (Fsp3) is 0.273. The lowest BCUT2D eigenvalue weighted by Gasteiger charge is -2.23. The number of halogens is 1. The number of aromatic nitrogens is 2. The van der Waals surface area contributed by atoms with Crippen LogP contribution in [0.1, 0.15) is 25.3 Å². The summed E-state index contributed by atoms with van der Waals surface area (Å²) in [7, 11) is 0. The van der Waals surface area contributed by atoms with Crippen LogP contribution in [0.15, 0.2) is 58.7 Å². The van der Waals surface area contributed by atoms with Crippen LogP contribution in [0.3, 0.4) is 0 Å². The maximum absolute atomic E-state index is 13.2. The summed E-state index contributed by atoms with van der Waals surface area (Å²) in [6, 6.07) is 10.1. The molecule has 0 aliphatic rings. The second-order valence-electron chi connectivity index (χ2n) is 7.26. The maximum Gasteiger partial charge on any atom is 0.225 e. The zero-order valence-electron chi connectivity index (χ0n) is 16.3. The third-order valence-corrected chi connectivity index (χ3v) is 5.68. The van der Waals surface area contributed by atoms with Gasteiger partial charge in [-0.05, 0) is 36.4 Å². The van der Waals surface area contributed by atoms with E-state index in [1.165, 1.54) is 12.1 Å². The molecule has 0 saturated carbocycles. The molecule has 1 amide bonds. The number of benzene rings is 1. The lowest BCUT2D eigenvalue weighted by atomic mass is 10.1. The number of nitrogens with zero attached hydrogens (tertiary/aromatic N) is 3. The average Bonchev–Trinajstić information content (AvgIpc) is 3.43. The summed E-state index contributed by atoms with van der Waals surface area (Å²) in [4.78, 5) is 20.0. The van der Waals surface area contributed by atoms with Crippen LogP contribution in [0, 0.1) is 11.7 Å². The normalized spacial score (nSPS) is 11.4. The van der Waals surface area contributed by atoms with Crippen molar-refractivity contribution in [3.63, 3.8) is 0 Å².